The monoisotopic (exact) mass is 413 g/mol. The van der Waals surface area contributed by atoms with Gasteiger partial charge in [0, 0.05) is 6.04 Å². The minimum Gasteiger partial charge on any atom is -0.494 e. The van der Waals surface area contributed by atoms with Crippen molar-refractivity contribution < 1.29 is 23.9 Å². The van der Waals surface area contributed by atoms with Gasteiger partial charge >= 0.3 is 12.0 Å². The number of benzene rings is 1. The van der Waals surface area contributed by atoms with E-state index in [1.54, 1.807) is 30.3 Å². The lowest BCUT2D eigenvalue weighted by Gasteiger charge is -2.29. The Bertz CT molecular complexity index is 826. The van der Waals surface area contributed by atoms with Crippen molar-refractivity contribution in [1.82, 2.24) is 10.6 Å². The molecular weight excluding hydrogens is 386 g/mol. The van der Waals surface area contributed by atoms with Crippen LogP contribution in [0.15, 0.2) is 29.8 Å². The van der Waals surface area contributed by atoms with Gasteiger partial charge in [0.1, 0.15) is 17.4 Å². The highest BCUT2D eigenvalue weighted by molar-refractivity contribution is 6.00. The van der Waals surface area contributed by atoms with Gasteiger partial charge in [-0.2, -0.15) is 5.26 Å². The normalized spacial score (nSPS) is 18.6. The van der Waals surface area contributed by atoms with E-state index < -0.39 is 24.5 Å². The maximum atomic E-state index is 12.1. The predicted octanol–water partition coefficient (Wildman–Crippen LogP) is 2.94. The van der Waals surface area contributed by atoms with Gasteiger partial charge < -0.3 is 14.8 Å². The highest BCUT2D eigenvalue weighted by Gasteiger charge is 2.23. The first-order valence-corrected chi connectivity index (χ1v) is 10.0. The number of hydrogen-bond donors (Lipinski definition) is 2. The SMILES string of the molecule is CCOc1ccc(/C=C(\C#N)C(=O)OCC(=O)NC(=O)N[C@H]2CCCC[C@@H]2C)cc1. The number of urea groups is 1. The second kappa shape index (κ2) is 11.6. The number of esters is 1. The second-order valence-corrected chi connectivity index (χ2v) is 7.14. The fourth-order valence-corrected chi connectivity index (χ4v) is 3.24. The zero-order valence-corrected chi connectivity index (χ0v) is 17.3. The van der Waals surface area contributed by atoms with E-state index in [2.05, 4.69) is 17.6 Å². The molecule has 0 radical (unpaired) electrons. The third kappa shape index (κ3) is 7.24. The Morgan fingerprint density at radius 1 is 1.20 bits per heavy atom. The standard InChI is InChI=1S/C22H27N3O5/c1-3-29-18-10-8-16(9-11-18)12-17(13-23)21(27)30-14-20(26)25-22(28)24-19-7-5-4-6-15(19)2/h8-12,15,19H,3-7,14H2,1-2H3,(H2,24,25,26,28)/b17-12+/t15-,19-/m0/s1. The number of rotatable bonds is 7. The fourth-order valence-electron chi connectivity index (χ4n) is 3.24. The number of imide groups is 1. The van der Waals surface area contributed by atoms with Crippen molar-refractivity contribution >= 4 is 24.0 Å². The molecule has 1 aromatic rings. The molecule has 0 saturated heterocycles. The van der Waals surface area contributed by atoms with Gasteiger partial charge in [-0.3, -0.25) is 10.1 Å². The van der Waals surface area contributed by atoms with Crippen LogP contribution in [0.5, 0.6) is 5.75 Å². The molecule has 1 fully saturated rings. The number of amides is 3. The van der Waals surface area contributed by atoms with Crippen molar-refractivity contribution in [1.29, 1.82) is 5.26 Å². The summed E-state index contributed by atoms with van der Waals surface area (Å²) >= 11 is 0. The molecule has 0 heterocycles. The average Bonchev–Trinajstić information content (AvgIpc) is 2.73. The van der Waals surface area contributed by atoms with E-state index in [0.29, 0.717) is 23.8 Å². The molecule has 1 aliphatic rings. The summed E-state index contributed by atoms with van der Waals surface area (Å²) < 4.78 is 10.2. The summed E-state index contributed by atoms with van der Waals surface area (Å²) in [4.78, 5) is 35.9. The molecule has 0 unspecified atom stereocenters. The molecular formula is C22H27N3O5. The van der Waals surface area contributed by atoms with Gasteiger partial charge in [-0.1, -0.05) is 31.9 Å². The van der Waals surface area contributed by atoms with E-state index in [1.807, 2.05) is 6.92 Å². The van der Waals surface area contributed by atoms with Crippen LogP contribution in [0.25, 0.3) is 6.08 Å². The predicted molar refractivity (Wildman–Crippen MR) is 110 cm³/mol. The number of carbonyl (C=O) groups excluding carboxylic acids is 3. The van der Waals surface area contributed by atoms with Gasteiger partial charge in [-0.15, -0.1) is 0 Å². The van der Waals surface area contributed by atoms with Crippen molar-refractivity contribution in [3.05, 3.63) is 35.4 Å². The van der Waals surface area contributed by atoms with E-state index in [4.69, 9.17) is 9.47 Å². The lowest BCUT2D eigenvalue weighted by atomic mass is 9.86. The highest BCUT2D eigenvalue weighted by Crippen LogP contribution is 2.23. The first kappa shape index (κ1) is 22.9. The van der Waals surface area contributed by atoms with Crippen molar-refractivity contribution in [2.75, 3.05) is 13.2 Å². The zero-order chi connectivity index (χ0) is 21.9. The van der Waals surface area contributed by atoms with Gasteiger partial charge in [0.15, 0.2) is 6.61 Å². The molecule has 1 aromatic carbocycles. The van der Waals surface area contributed by atoms with Crippen LogP contribution in [0.1, 0.15) is 45.1 Å². The first-order chi connectivity index (χ1) is 14.4. The van der Waals surface area contributed by atoms with Crippen molar-refractivity contribution in [2.24, 2.45) is 5.92 Å². The Balaban J connectivity index is 1.82. The second-order valence-electron chi connectivity index (χ2n) is 7.14. The Morgan fingerprint density at radius 3 is 2.53 bits per heavy atom. The van der Waals surface area contributed by atoms with Crippen LogP contribution in [0.4, 0.5) is 4.79 Å². The van der Waals surface area contributed by atoms with Crippen LogP contribution in [-0.4, -0.2) is 37.2 Å². The lowest BCUT2D eigenvalue weighted by molar-refractivity contribution is -0.144. The molecule has 0 spiro atoms. The van der Waals surface area contributed by atoms with Crippen LogP contribution in [0, 0.1) is 17.2 Å². The third-order valence-electron chi connectivity index (χ3n) is 4.86. The summed E-state index contributed by atoms with van der Waals surface area (Å²) in [5.74, 6) is -0.679. The number of nitrogens with one attached hydrogen (secondary N) is 2. The number of ether oxygens (including phenoxy) is 2. The lowest BCUT2D eigenvalue weighted by Crippen LogP contribution is -2.48. The fraction of sp³-hybridized carbons (Fsp3) is 0.455. The molecule has 2 rings (SSSR count). The summed E-state index contributed by atoms with van der Waals surface area (Å²) in [7, 11) is 0. The minimum absolute atomic E-state index is 0.0244. The van der Waals surface area contributed by atoms with Crippen LogP contribution in [-0.2, 0) is 14.3 Å². The van der Waals surface area contributed by atoms with Crippen LogP contribution >= 0.6 is 0 Å². The van der Waals surface area contributed by atoms with Crippen molar-refractivity contribution in [2.45, 2.75) is 45.6 Å². The summed E-state index contributed by atoms with van der Waals surface area (Å²) in [5.41, 5.74) is 0.352. The third-order valence-corrected chi connectivity index (χ3v) is 4.86. The van der Waals surface area contributed by atoms with Gasteiger partial charge in [0.2, 0.25) is 0 Å². The summed E-state index contributed by atoms with van der Waals surface area (Å²) in [6, 6.07) is 7.99. The smallest absolute Gasteiger partial charge is 0.349 e. The molecule has 8 heteroatoms. The topological polar surface area (TPSA) is 118 Å². The van der Waals surface area contributed by atoms with E-state index >= 15 is 0 Å². The van der Waals surface area contributed by atoms with Crippen molar-refractivity contribution in [3.8, 4) is 11.8 Å². The highest BCUT2D eigenvalue weighted by atomic mass is 16.5. The molecule has 2 N–H and O–H groups in total. The molecule has 3 amide bonds. The quantitative estimate of drug-likeness (QED) is 0.403. The number of carbonyl (C=O) groups is 3. The molecule has 0 aliphatic heterocycles. The van der Waals surface area contributed by atoms with E-state index in [0.717, 1.165) is 25.7 Å². The average molecular weight is 413 g/mol. The summed E-state index contributed by atoms with van der Waals surface area (Å²) in [5, 5.41) is 14.1. The Kier molecular flexibility index (Phi) is 8.88. The van der Waals surface area contributed by atoms with Crippen molar-refractivity contribution in [3.63, 3.8) is 0 Å². The number of nitriles is 1. The zero-order valence-electron chi connectivity index (χ0n) is 17.3. The Morgan fingerprint density at radius 2 is 1.90 bits per heavy atom. The van der Waals surface area contributed by atoms with Crippen LogP contribution in [0.3, 0.4) is 0 Å². The molecule has 30 heavy (non-hydrogen) atoms. The molecule has 0 aromatic heterocycles. The Hall–Kier alpha value is -3.34. The van der Waals surface area contributed by atoms with Gasteiger partial charge in [0.25, 0.3) is 5.91 Å². The minimum atomic E-state index is -0.942. The van der Waals surface area contributed by atoms with Gasteiger partial charge in [-0.05, 0) is 49.5 Å². The molecule has 2 atom stereocenters. The number of nitrogens with zero attached hydrogens (tertiary/aromatic N) is 1. The van der Waals surface area contributed by atoms with Gasteiger partial charge in [-0.25, -0.2) is 9.59 Å². The first-order valence-electron chi connectivity index (χ1n) is 10.0. The maximum Gasteiger partial charge on any atom is 0.349 e. The van der Waals surface area contributed by atoms with E-state index in [9.17, 15) is 19.6 Å². The van der Waals surface area contributed by atoms with E-state index in [1.165, 1.54) is 6.08 Å². The summed E-state index contributed by atoms with van der Waals surface area (Å²) in [6.45, 7) is 3.81. The van der Waals surface area contributed by atoms with E-state index in [-0.39, 0.29) is 11.6 Å². The maximum absolute atomic E-state index is 12.1. The molecule has 1 saturated carbocycles. The molecule has 8 nitrogen and oxygen atoms in total. The number of hydrogen-bond acceptors (Lipinski definition) is 6. The Labute approximate surface area is 176 Å². The summed E-state index contributed by atoms with van der Waals surface area (Å²) in [6.07, 6.45) is 5.45. The van der Waals surface area contributed by atoms with Gasteiger partial charge in [0.05, 0.1) is 6.61 Å². The molecule has 160 valence electrons. The molecule has 0 bridgehead atoms. The largest absolute Gasteiger partial charge is 0.494 e. The van der Waals surface area contributed by atoms with Crippen LogP contribution < -0.4 is 15.4 Å². The van der Waals surface area contributed by atoms with Crippen LogP contribution in [0.2, 0.25) is 0 Å². The molecule has 1 aliphatic carbocycles.